The van der Waals surface area contributed by atoms with Crippen LogP contribution in [0, 0.1) is 5.92 Å². The van der Waals surface area contributed by atoms with Gasteiger partial charge in [0.25, 0.3) is 0 Å². The quantitative estimate of drug-likeness (QED) is 0.675. The number of hydrogen-bond acceptors (Lipinski definition) is 3. The lowest BCUT2D eigenvalue weighted by atomic mass is 9.89. The average Bonchev–Trinajstić information content (AvgIpc) is 2.72. The predicted molar refractivity (Wildman–Crippen MR) is 58.8 cm³/mol. The first kappa shape index (κ1) is 11.1. The van der Waals surface area contributed by atoms with Gasteiger partial charge in [-0.25, -0.2) is 4.98 Å². The number of nitrogens with zero attached hydrogens (tertiary/aromatic N) is 1. The summed E-state index contributed by atoms with van der Waals surface area (Å²) in [5.74, 6) is 0.0350. The molecular formula is C11H17N3O2. The van der Waals surface area contributed by atoms with Crippen molar-refractivity contribution in [3.63, 3.8) is 0 Å². The molecule has 1 amide bonds. The number of H-pyrrole nitrogens is 1. The van der Waals surface area contributed by atoms with Crippen LogP contribution in [0.1, 0.15) is 24.7 Å². The molecule has 16 heavy (non-hydrogen) atoms. The van der Waals surface area contributed by atoms with E-state index in [0.29, 0.717) is 6.54 Å². The maximum atomic E-state index is 11.8. The van der Waals surface area contributed by atoms with Gasteiger partial charge in [-0.2, -0.15) is 0 Å². The zero-order chi connectivity index (χ0) is 11.5. The molecule has 2 rings (SSSR count). The number of aliphatic hydroxyl groups is 1. The van der Waals surface area contributed by atoms with Crippen LogP contribution in [-0.2, 0) is 17.6 Å². The second-order valence-corrected chi connectivity index (χ2v) is 4.36. The van der Waals surface area contributed by atoms with Gasteiger partial charge in [0.2, 0.25) is 5.91 Å². The average molecular weight is 223 g/mol. The summed E-state index contributed by atoms with van der Waals surface area (Å²) in [6.07, 6.45) is 3.60. The van der Waals surface area contributed by atoms with Crippen LogP contribution in [0.4, 0.5) is 0 Å². The fraction of sp³-hybridized carbons (Fsp3) is 0.636. The number of carbonyl (C=O) groups is 1. The molecule has 1 heterocycles. The minimum Gasteiger partial charge on any atom is -0.392 e. The molecular weight excluding hydrogens is 206 g/mol. The minimum atomic E-state index is -0.491. The van der Waals surface area contributed by atoms with E-state index in [9.17, 15) is 4.79 Å². The number of aromatic nitrogens is 2. The van der Waals surface area contributed by atoms with Crippen LogP contribution in [0.2, 0.25) is 0 Å². The van der Waals surface area contributed by atoms with E-state index in [1.165, 1.54) is 0 Å². The first-order chi connectivity index (χ1) is 7.66. The van der Waals surface area contributed by atoms with Gasteiger partial charge in [0.1, 0.15) is 0 Å². The van der Waals surface area contributed by atoms with Crippen molar-refractivity contribution in [1.82, 2.24) is 15.3 Å². The molecule has 5 nitrogen and oxygen atoms in total. The topological polar surface area (TPSA) is 78.0 Å². The first-order valence-corrected chi connectivity index (χ1v) is 5.63. The summed E-state index contributed by atoms with van der Waals surface area (Å²) < 4.78 is 0. The first-order valence-electron chi connectivity index (χ1n) is 5.63. The Morgan fingerprint density at radius 2 is 2.62 bits per heavy atom. The van der Waals surface area contributed by atoms with Crippen molar-refractivity contribution in [3.8, 4) is 0 Å². The van der Waals surface area contributed by atoms with Crippen LogP contribution in [-0.4, -0.2) is 33.6 Å². The van der Waals surface area contributed by atoms with Crippen molar-refractivity contribution in [2.45, 2.75) is 32.3 Å². The lowest BCUT2D eigenvalue weighted by molar-refractivity contribution is -0.125. The Bertz CT molecular complexity index is 373. The molecule has 5 heteroatoms. The van der Waals surface area contributed by atoms with E-state index in [4.69, 9.17) is 5.11 Å². The highest BCUT2D eigenvalue weighted by atomic mass is 16.3. The van der Waals surface area contributed by atoms with Gasteiger partial charge in [0.05, 0.1) is 18.1 Å². The number of fused-ring (bicyclic) bond motifs is 1. The number of aromatic amines is 1. The highest BCUT2D eigenvalue weighted by molar-refractivity contribution is 5.79. The van der Waals surface area contributed by atoms with E-state index in [1.807, 2.05) is 0 Å². The molecule has 1 aliphatic carbocycles. The molecule has 0 fully saturated rings. The van der Waals surface area contributed by atoms with Crippen LogP contribution in [0.5, 0.6) is 0 Å². The van der Waals surface area contributed by atoms with Crippen molar-refractivity contribution >= 4 is 5.91 Å². The van der Waals surface area contributed by atoms with Gasteiger partial charge >= 0.3 is 0 Å². The predicted octanol–water partition coefficient (Wildman–Crippen LogP) is 0.0116. The maximum Gasteiger partial charge on any atom is 0.223 e. The molecule has 2 atom stereocenters. The Balaban J connectivity index is 1.90. The third-order valence-electron chi connectivity index (χ3n) is 2.93. The Hall–Kier alpha value is -1.36. The van der Waals surface area contributed by atoms with Crippen molar-refractivity contribution in [2.75, 3.05) is 6.54 Å². The summed E-state index contributed by atoms with van der Waals surface area (Å²) in [6, 6.07) is 0. The van der Waals surface area contributed by atoms with Crippen molar-refractivity contribution in [1.29, 1.82) is 0 Å². The lowest BCUT2D eigenvalue weighted by Gasteiger charge is -2.20. The summed E-state index contributed by atoms with van der Waals surface area (Å²) >= 11 is 0. The van der Waals surface area contributed by atoms with Crippen molar-refractivity contribution in [3.05, 3.63) is 17.7 Å². The molecule has 1 aromatic rings. The second kappa shape index (κ2) is 4.65. The highest BCUT2D eigenvalue weighted by Gasteiger charge is 2.25. The summed E-state index contributed by atoms with van der Waals surface area (Å²) in [6.45, 7) is 1.99. The number of aliphatic hydroxyl groups excluding tert-OH is 1. The smallest absolute Gasteiger partial charge is 0.223 e. The van der Waals surface area contributed by atoms with Crippen molar-refractivity contribution in [2.24, 2.45) is 5.92 Å². The molecule has 3 N–H and O–H groups in total. The van der Waals surface area contributed by atoms with Gasteiger partial charge in [-0.15, -0.1) is 0 Å². The third-order valence-corrected chi connectivity index (χ3v) is 2.93. The Kier molecular flexibility index (Phi) is 3.24. The molecule has 88 valence electrons. The number of aryl methyl sites for hydroxylation is 1. The van der Waals surface area contributed by atoms with Crippen LogP contribution < -0.4 is 5.32 Å². The Labute approximate surface area is 94.3 Å². The summed E-state index contributed by atoms with van der Waals surface area (Å²) in [5, 5.41) is 11.8. The van der Waals surface area contributed by atoms with Gasteiger partial charge in [0, 0.05) is 24.6 Å². The van der Waals surface area contributed by atoms with Crippen LogP contribution >= 0.6 is 0 Å². The fourth-order valence-corrected chi connectivity index (χ4v) is 2.02. The van der Waals surface area contributed by atoms with Gasteiger partial charge in [-0.05, 0) is 19.8 Å². The highest BCUT2D eigenvalue weighted by Crippen LogP contribution is 2.22. The Morgan fingerprint density at radius 3 is 3.38 bits per heavy atom. The van der Waals surface area contributed by atoms with E-state index in [0.717, 1.165) is 30.7 Å². The number of amides is 1. The summed E-state index contributed by atoms with van der Waals surface area (Å²) in [5.41, 5.74) is 2.16. The molecule has 0 spiro atoms. The number of hydrogen-bond donors (Lipinski definition) is 3. The zero-order valence-electron chi connectivity index (χ0n) is 9.36. The Morgan fingerprint density at radius 1 is 1.81 bits per heavy atom. The molecule has 1 aromatic heterocycles. The molecule has 0 radical (unpaired) electrons. The minimum absolute atomic E-state index is 0.00620. The van der Waals surface area contributed by atoms with Gasteiger partial charge < -0.3 is 15.4 Å². The lowest BCUT2D eigenvalue weighted by Crippen LogP contribution is -2.37. The third kappa shape index (κ3) is 2.41. The van der Waals surface area contributed by atoms with E-state index in [-0.39, 0.29) is 11.8 Å². The molecule has 0 saturated heterocycles. The standard InChI is InChI=1S/C11H17N3O2/c1-7(15)5-12-11(16)8-2-3-9-10(4-8)14-6-13-9/h6-8,15H,2-5H2,1H3,(H,12,16)(H,13,14). The van der Waals surface area contributed by atoms with E-state index in [2.05, 4.69) is 15.3 Å². The second-order valence-electron chi connectivity index (χ2n) is 4.36. The van der Waals surface area contributed by atoms with Crippen LogP contribution in [0.15, 0.2) is 6.33 Å². The van der Waals surface area contributed by atoms with E-state index in [1.54, 1.807) is 13.3 Å². The SMILES string of the molecule is CC(O)CNC(=O)C1CCc2nc[nH]c2C1. The summed E-state index contributed by atoms with van der Waals surface area (Å²) in [7, 11) is 0. The maximum absolute atomic E-state index is 11.8. The molecule has 0 bridgehead atoms. The van der Waals surface area contributed by atoms with E-state index >= 15 is 0 Å². The summed E-state index contributed by atoms with van der Waals surface area (Å²) in [4.78, 5) is 19.0. The fourth-order valence-electron chi connectivity index (χ4n) is 2.02. The zero-order valence-corrected chi connectivity index (χ0v) is 9.36. The van der Waals surface area contributed by atoms with Crippen molar-refractivity contribution < 1.29 is 9.90 Å². The number of nitrogens with one attached hydrogen (secondary N) is 2. The van der Waals surface area contributed by atoms with Gasteiger partial charge in [-0.1, -0.05) is 0 Å². The molecule has 0 aromatic carbocycles. The van der Waals surface area contributed by atoms with Crippen LogP contribution in [0.3, 0.4) is 0 Å². The molecule has 0 saturated carbocycles. The largest absolute Gasteiger partial charge is 0.392 e. The van der Waals surface area contributed by atoms with E-state index < -0.39 is 6.10 Å². The van der Waals surface area contributed by atoms with Gasteiger partial charge in [0.15, 0.2) is 0 Å². The number of imidazole rings is 1. The van der Waals surface area contributed by atoms with Crippen LogP contribution in [0.25, 0.3) is 0 Å². The molecule has 2 unspecified atom stereocenters. The normalized spacial score (nSPS) is 21.2. The number of carbonyl (C=O) groups excluding carboxylic acids is 1. The molecule has 1 aliphatic rings. The molecule has 0 aliphatic heterocycles. The monoisotopic (exact) mass is 223 g/mol. The number of rotatable bonds is 3. The van der Waals surface area contributed by atoms with Gasteiger partial charge in [-0.3, -0.25) is 4.79 Å².